The molecule has 0 radical (unpaired) electrons. The molecule has 2 nitrogen and oxygen atoms in total. The molecule has 2 aromatic carbocycles. The number of ether oxygens (including phenoxy) is 1. The van der Waals surface area contributed by atoms with Gasteiger partial charge in [-0.25, -0.2) is 4.39 Å². The molecule has 0 aliphatic carbocycles. The first-order chi connectivity index (χ1) is 9.45. The monoisotopic (exact) mass is 289 g/mol. The molecule has 2 rings (SSSR count). The Balaban J connectivity index is 2.14. The number of nitrogens with two attached hydrogens (primary N) is 1. The van der Waals surface area contributed by atoms with Crippen molar-refractivity contribution in [2.45, 2.75) is 20.5 Å². The highest BCUT2D eigenvalue weighted by Gasteiger charge is 2.07. The van der Waals surface area contributed by atoms with E-state index in [9.17, 15) is 4.39 Å². The predicted octanol–water partition coefficient (Wildman–Crippen LogP) is 3.66. The first-order valence-electron chi connectivity index (χ1n) is 6.25. The molecule has 0 unspecified atom stereocenters. The van der Waals surface area contributed by atoms with Crippen molar-refractivity contribution in [2.75, 3.05) is 0 Å². The van der Waals surface area contributed by atoms with Gasteiger partial charge in [-0.05, 0) is 54.8 Å². The lowest BCUT2D eigenvalue weighted by Crippen LogP contribution is -2.12. The van der Waals surface area contributed by atoms with Crippen LogP contribution in [0.4, 0.5) is 4.39 Å². The van der Waals surface area contributed by atoms with Gasteiger partial charge >= 0.3 is 0 Å². The predicted molar refractivity (Wildman–Crippen MR) is 82.5 cm³/mol. The SMILES string of the molecule is Cc1cc(C)cc(OCc2ccc(F)c(C(N)=S)c2)c1. The standard InChI is InChI=1S/C16H16FNOS/c1-10-5-11(2)7-13(6-10)19-9-12-3-4-15(17)14(8-12)16(18)20/h3-8H,9H2,1-2H3,(H2,18,20). The summed E-state index contributed by atoms with van der Waals surface area (Å²) in [6.07, 6.45) is 0. The number of benzene rings is 2. The highest BCUT2D eigenvalue weighted by atomic mass is 32.1. The van der Waals surface area contributed by atoms with Crippen molar-refractivity contribution < 1.29 is 9.13 Å². The minimum atomic E-state index is -0.410. The lowest BCUT2D eigenvalue weighted by Gasteiger charge is -2.10. The maximum atomic E-state index is 13.5. The van der Waals surface area contributed by atoms with Gasteiger partial charge in [0.25, 0.3) is 0 Å². The third-order valence-corrected chi connectivity index (χ3v) is 3.12. The first-order valence-corrected chi connectivity index (χ1v) is 6.66. The molecule has 0 fully saturated rings. The molecule has 0 amide bonds. The topological polar surface area (TPSA) is 35.2 Å². The highest BCUT2D eigenvalue weighted by Crippen LogP contribution is 2.18. The molecule has 0 bridgehead atoms. The van der Waals surface area contributed by atoms with Crippen LogP contribution in [0.15, 0.2) is 36.4 Å². The number of halogens is 1. The van der Waals surface area contributed by atoms with Crippen LogP contribution in [-0.2, 0) is 6.61 Å². The Labute approximate surface area is 123 Å². The van der Waals surface area contributed by atoms with E-state index in [-0.39, 0.29) is 10.6 Å². The van der Waals surface area contributed by atoms with Crippen molar-refractivity contribution in [1.29, 1.82) is 0 Å². The summed E-state index contributed by atoms with van der Waals surface area (Å²) in [4.78, 5) is 0.0516. The van der Waals surface area contributed by atoms with E-state index in [0.717, 1.165) is 22.4 Å². The van der Waals surface area contributed by atoms with Crippen LogP contribution in [0.1, 0.15) is 22.3 Å². The van der Waals surface area contributed by atoms with E-state index in [2.05, 4.69) is 6.07 Å². The molecule has 0 saturated carbocycles. The van der Waals surface area contributed by atoms with Crippen LogP contribution in [0.3, 0.4) is 0 Å². The van der Waals surface area contributed by atoms with Crippen molar-refractivity contribution in [3.63, 3.8) is 0 Å². The number of rotatable bonds is 4. The van der Waals surface area contributed by atoms with E-state index >= 15 is 0 Å². The van der Waals surface area contributed by atoms with E-state index in [1.165, 1.54) is 6.07 Å². The van der Waals surface area contributed by atoms with Crippen molar-refractivity contribution in [3.05, 3.63) is 64.5 Å². The van der Waals surface area contributed by atoms with Gasteiger partial charge in [-0.2, -0.15) is 0 Å². The van der Waals surface area contributed by atoms with Crippen molar-refractivity contribution >= 4 is 17.2 Å². The lowest BCUT2D eigenvalue weighted by atomic mass is 10.1. The quantitative estimate of drug-likeness (QED) is 0.873. The van der Waals surface area contributed by atoms with Gasteiger partial charge in [0.05, 0.1) is 0 Å². The zero-order valence-corrected chi connectivity index (χ0v) is 12.3. The summed E-state index contributed by atoms with van der Waals surface area (Å²) in [5.41, 5.74) is 8.84. The summed E-state index contributed by atoms with van der Waals surface area (Å²) in [6, 6.07) is 10.7. The summed E-state index contributed by atoms with van der Waals surface area (Å²) >= 11 is 4.82. The van der Waals surface area contributed by atoms with Crippen LogP contribution < -0.4 is 10.5 Å². The van der Waals surface area contributed by atoms with Crippen molar-refractivity contribution in [1.82, 2.24) is 0 Å². The van der Waals surface area contributed by atoms with Crippen LogP contribution in [-0.4, -0.2) is 4.99 Å². The van der Waals surface area contributed by atoms with E-state index in [0.29, 0.717) is 6.61 Å². The maximum absolute atomic E-state index is 13.5. The summed E-state index contributed by atoms with van der Waals surface area (Å²) in [7, 11) is 0. The van der Waals surface area contributed by atoms with Gasteiger partial charge in [-0.15, -0.1) is 0 Å². The van der Waals surface area contributed by atoms with E-state index in [1.807, 2.05) is 26.0 Å². The van der Waals surface area contributed by atoms with Gasteiger partial charge in [0.1, 0.15) is 23.2 Å². The van der Waals surface area contributed by atoms with Gasteiger partial charge in [0.2, 0.25) is 0 Å². The van der Waals surface area contributed by atoms with Gasteiger partial charge < -0.3 is 10.5 Å². The Kier molecular flexibility index (Phi) is 4.35. The fraction of sp³-hybridized carbons (Fsp3) is 0.188. The molecule has 0 saturated heterocycles. The normalized spacial score (nSPS) is 10.3. The Hall–Kier alpha value is -1.94. The summed E-state index contributed by atoms with van der Waals surface area (Å²) in [6.45, 7) is 4.38. The molecule has 20 heavy (non-hydrogen) atoms. The van der Waals surface area contributed by atoms with Gasteiger partial charge in [0, 0.05) is 5.56 Å². The molecule has 104 valence electrons. The average Bonchev–Trinajstić information content (AvgIpc) is 2.36. The second kappa shape index (κ2) is 6.01. The smallest absolute Gasteiger partial charge is 0.133 e. The van der Waals surface area contributed by atoms with Crippen LogP contribution in [0.2, 0.25) is 0 Å². The number of aryl methyl sites for hydroxylation is 2. The molecule has 0 heterocycles. The third-order valence-electron chi connectivity index (χ3n) is 2.90. The molecule has 2 N–H and O–H groups in total. The zero-order chi connectivity index (χ0) is 14.7. The molecular formula is C16H16FNOS. The number of hydrogen-bond acceptors (Lipinski definition) is 2. The van der Waals surface area contributed by atoms with E-state index in [1.54, 1.807) is 12.1 Å². The summed E-state index contributed by atoms with van der Waals surface area (Å²) in [5.74, 6) is 0.386. The van der Waals surface area contributed by atoms with Crippen LogP contribution in [0, 0.1) is 19.7 Å². The van der Waals surface area contributed by atoms with Gasteiger partial charge in [0.15, 0.2) is 0 Å². The van der Waals surface area contributed by atoms with E-state index < -0.39 is 5.82 Å². The van der Waals surface area contributed by atoms with Crippen LogP contribution in [0.5, 0.6) is 5.75 Å². The molecule has 0 aliphatic heterocycles. The summed E-state index contributed by atoms with van der Waals surface area (Å²) < 4.78 is 19.2. The molecular weight excluding hydrogens is 273 g/mol. The first kappa shape index (κ1) is 14.5. The second-order valence-electron chi connectivity index (χ2n) is 4.79. The van der Waals surface area contributed by atoms with Crippen molar-refractivity contribution in [2.24, 2.45) is 5.73 Å². The highest BCUT2D eigenvalue weighted by molar-refractivity contribution is 7.80. The molecule has 0 aliphatic rings. The molecule has 2 aromatic rings. The fourth-order valence-electron chi connectivity index (χ4n) is 2.03. The van der Waals surface area contributed by atoms with Gasteiger partial charge in [-0.1, -0.05) is 24.4 Å². The van der Waals surface area contributed by atoms with Crippen molar-refractivity contribution in [3.8, 4) is 5.75 Å². The molecule has 4 heteroatoms. The molecule has 0 spiro atoms. The van der Waals surface area contributed by atoms with Crippen LogP contribution >= 0.6 is 12.2 Å². The van der Waals surface area contributed by atoms with Crippen LogP contribution in [0.25, 0.3) is 0 Å². The molecule has 0 atom stereocenters. The second-order valence-corrected chi connectivity index (χ2v) is 5.23. The zero-order valence-electron chi connectivity index (χ0n) is 11.4. The maximum Gasteiger partial charge on any atom is 0.133 e. The number of thiocarbonyl (C=S) groups is 1. The minimum absolute atomic E-state index is 0.0516. The fourth-order valence-corrected chi connectivity index (χ4v) is 2.19. The number of hydrogen-bond donors (Lipinski definition) is 1. The Morgan fingerprint density at radius 3 is 2.40 bits per heavy atom. The molecule has 0 aromatic heterocycles. The van der Waals surface area contributed by atoms with E-state index in [4.69, 9.17) is 22.7 Å². The lowest BCUT2D eigenvalue weighted by molar-refractivity contribution is 0.305. The minimum Gasteiger partial charge on any atom is -0.489 e. The Morgan fingerprint density at radius 1 is 1.15 bits per heavy atom. The average molecular weight is 289 g/mol. The third kappa shape index (κ3) is 3.54. The largest absolute Gasteiger partial charge is 0.489 e. The Bertz CT molecular complexity index is 635. The summed E-state index contributed by atoms with van der Waals surface area (Å²) in [5, 5.41) is 0. The van der Waals surface area contributed by atoms with Gasteiger partial charge in [-0.3, -0.25) is 0 Å². The Morgan fingerprint density at radius 2 is 1.80 bits per heavy atom.